The van der Waals surface area contributed by atoms with Gasteiger partial charge in [-0.3, -0.25) is 4.79 Å². The van der Waals surface area contributed by atoms with Crippen LogP contribution in [-0.2, 0) is 14.0 Å². The Labute approximate surface area is 173 Å². The topological polar surface area (TPSA) is 38.8 Å². The van der Waals surface area contributed by atoms with Gasteiger partial charge < -0.3 is 14.1 Å². The van der Waals surface area contributed by atoms with Gasteiger partial charge in [-0.15, -0.1) is 0 Å². The minimum Gasteiger partial charge on any atom is -0.414 e. The molecule has 0 unspecified atom stereocenters. The van der Waals surface area contributed by atoms with E-state index in [0.717, 1.165) is 27.7 Å². The van der Waals surface area contributed by atoms with E-state index in [2.05, 4.69) is 75.8 Å². The lowest BCUT2D eigenvalue weighted by Gasteiger charge is -2.36. The van der Waals surface area contributed by atoms with Gasteiger partial charge in [-0.1, -0.05) is 36.7 Å². The van der Waals surface area contributed by atoms with Crippen LogP contribution in [0.4, 0.5) is 5.69 Å². The summed E-state index contributed by atoms with van der Waals surface area (Å²) in [6.45, 7) is 17.1. The molecule has 1 saturated heterocycles. The van der Waals surface area contributed by atoms with Crippen LogP contribution in [0.25, 0.3) is 0 Å². The van der Waals surface area contributed by atoms with Crippen molar-refractivity contribution in [2.24, 2.45) is 0 Å². The number of halogens is 1. The van der Waals surface area contributed by atoms with Gasteiger partial charge >= 0.3 is 0 Å². The smallest absolute Gasteiger partial charge is 0.227 e. The number of aryl methyl sites for hydroxylation is 2. The zero-order valence-corrected chi connectivity index (χ0v) is 20.4. The summed E-state index contributed by atoms with van der Waals surface area (Å²) in [5.41, 5.74) is 3.26. The Morgan fingerprint density at radius 1 is 1.19 bits per heavy atom. The SMILES string of the molecule is Cc1cc(N2C(=O)CC[C@@H]2COCCO[Si](C)(C)C(C)(C)C)cc(C)c1Br. The third kappa shape index (κ3) is 5.43. The van der Waals surface area contributed by atoms with E-state index in [1.165, 1.54) is 0 Å². The molecule has 0 bridgehead atoms. The van der Waals surface area contributed by atoms with E-state index >= 15 is 0 Å². The lowest BCUT2D eigenvalue weighted by atomic mass is 10.1. The first-order valence-electron chi connectivity index (χ1n) is 9.74. The highest BCUT2D eigenvalue weighted by Crippen LogP contribution is 2.36. The van der Waals surface area contributed by atoms with E-state index in [9.17, 15) is 4.79 Å². The van der Waals surface area contributed by atoms with E-state index in [-0.39, 0.29) is 17.0 Å². The predicted molar refractivity (Wildman–Crippen MR) is 118 cm³/mol. The minimum absolute atomic E-state index is 0.102. The number of carbonyl (C=O) groups excluding carboxylic acids is 1. The van der Waals surface area contributed by atoms with Gasteiger partial charge in [-0.25, -0.2) is 0 Å². The molecule has 1 aliphatic rings. The first-order valence-corrected chi connectivity index (χ1v) is 13.4. The molecule has 1 aliphatic heterocycles. The summed E-state index contributed by atoms with van der Waals surface area (Å²) in [6.07, 6.45) is 1.43. The predicted octanol–water partition coefficient (Wildman–Crippen LogP) is 5.60. The van der Waals surface area contributed by atoms with Crippen molar-refractivity contribution in [2.75, 3.05) is 24.7 Å². The molecule has 0 aromatic heterocycles. The fraction of sp³-hybridized carbons (Fsp3) is 0.667. The molecular weight excluding hydrogens is 422 g/mol. The molecular formula is C21H34BrNO3Si. The number of rotatable bonds is 7. The van der Waals surface area contributed by atoms with Crippen molar-refractivity contribution in [2.45, 2.75) is 71.6 Å². The number of nitrogens with zero attached hydrogens (tertiary/aromatic N) is 1. The van der Waals surface area contributed by atoms with E-state index in [0.29, 0.717) is 26.2 Å². The molecule has 6 heteroatoms. The highest BCUT2D eigenvalue weighted by atomic mass is 79.9. The fourth-order valence-electron chi connectivity index (χ4n) is 3.11. The lowest BCUT2D eigenvalue weighted by molar-refractivity contribution is -0.117. The van der Waals surface area contributed by atoms with Crippen LogP contribution in [-0.4, -0.2) is 40.1 Å². The second kappa shape index (κ2) is 8.76. The molecule has 1 amide bonds. The molecule has 0 N–H and O–H groups in total. The Morgan fingerprint density at radius 3 is 2.33 bits per heavy atom. The highest BCUT2D eigenvalue weighted by Gasteiger charge is 2.37. The van der Waals surface area contributed by atoms with Crippen LogP contribution in [0, 0.1) is 13.8 Å². The van der Waals surface area contributed by atoms with Crippen LogP contribution in [0.2, 0.25) is 18.1 Å². The van der Waals surface area contributed by atoms with Crippen LogP contribution in [0.15, 0.2) is 16.6 Å². The Bertz CT molecular complexity index is 661. The van der Waals surface area contributed by atoms with Crippen molar-refractivity contribution in [3.63, 3.8) is 0 Å². The van der Waals surface area contributed by atoms with Gasteiger partial charge in [0.25, 0.3) is 0 Å². The number of benzene rings is 1. The first kappa shape index (κ1) is 22.6. The normalized spacial score (nSPS) is 18.4. The van der Waals surface area contributed by atoms with Crippen molar-refractivity contribution < 1.29 is 14.0 Å². The number of anilines is 1. The van der Waals surface area contributed by atoms with Crippen LogP contribution in [0.5, 0.6) is 0 Å². The van der Waals surface area contributed by atoms with Crippen molar-refractivity contribution in [1.29, 1.82) is 0 Å². The zero-order valence-electron chi connectivity index (χ0n) is 17.8. The maximum atomic E-state index is 12.5. The van der Waals surface area contributed by atoms with Crippen LogP contribution >= 0.6 is 15.9 Å². The summed E-state index contributed by atoms with van der Waals surface area (Å²) < 4.78 is 13.2. The van der Waals surface area contributed by atoms with Gasteiger partial charge in [-0.2, -0.15) is 0 Å². The monoisotopic (exact) mass is 455 g/mol. The Morgan fingerprint density at radius 2 is 1.78 bits per heavy atom. The summed E-state index contributed by atoms with van der Waals surface area (Å²) >= 11 is 3.60. The number of carbonyl (C=O) groups is 1. The second-order valence-corrected chi connectivity index (χ2v) is 14.6. The lowest BCUT2D eigenvalue weighted by Crippen LogP contribution is -2.42. The first-order chi connectivity index (χ1) is 12.4. The van der Waals surface area contributed by atoms with Crippen LogP contribution in [0.3, 0.4) is 0 Å². The molecule has 0 saturated carbocycles. The Kier molecular flexibility index (Phi) is 7.33. The standard InChI is InChI=1S/C21H34BrNO3Si/c1-15-12-18(13-16(2)20(15)22)23-17(8-9-19(23)24)14-25-10-11-26-27(6,7)21(3,4)5/h12-13,17H,8-11,14H2,1-7H3/t17-/m1/s1. The highest BCUT2D eigenvalue weighted by molar-refractivity contribution is 9.10. The third-order valence-corrected chi connectivity index (χ3v) is 11.6. The fourth-order valence-corrected chi connectivity index (χ4v) is 4.37. The Balaban J connectivity index is 1.92. The number of hydrogen-bond acceptors (Lipinski definition) is 3. The van der Waals surface area contributed by atoms with Gasteiger partial charge in [0.1, 0.15) is 0 Å². The maximum absolute atomic E-state index is 12.5. The molecule has 4 nitrogen and oxygen atoms in total. The van der Waals surface area contributed by atoms with E-state index in [1.807, 2.05) is 4.90 Å². The average molecular weight is 456 g/mol. The summed E-state index contributed by atoms with van der Waals surface area (Å²) in [5.74, 6) is 0.183. The molecule has 1 aromatic rings. The van der Waals surface area contributed by atoms with Gasteiger partial charge in [0.05, 0.1) is 25.9 Å². The molecule has 1 fully saturated rings. The van der Waals surface area contributed by atoms with Gasteiger partial charge in [-0.05, 0) is 61.7 Å². The van der Waals surface area contributed by atoms with Crippen molar-refractivity contribution >= 4 is 35.8 Å². The molecule has 0 radical (unpaired) electrons. The molecule has 1 aromatic carbocycles. The Hall–Kier alpha value is -0.693. The molecule has 0 spiro atoms. The molecule has 1 heterocycles. The van der Waals surface area contributed by atoms with Crippen molar-refractivity contribution in [1.82, 2.24) is 0 Å². The average Bonchev–Trinajstić information content (AvgIpc) is 2.91. The van der Waals surface area contributed by atoms with Crippen molar-refractivity contribution in [3.05, 3.63) is 27.7 Å². The number of hydrogen-bond donors (Lipinski definition) is 0. The molecule has 2 rings (SSSR count). The van der Waals surface area contributed by atoms with Gasteiger partial charge in [0.2, 0.25) is 5.91 Å². The van der Waals surface area contributed by atoms with Gasteiger partial charge in [0, 0.05) is 16.6 Å². The molecule has 152 valence electrons. The molecule has 1 atom stereocenters. The summed E-state index contributed by atoms with van der Waals surface area (Å²) in [5, 5.41) is 0.207. The minimum atomic E-state index is -1.73. The quantitative estimate of drug-likeness (QED) is 0.396. The third-order valence-electron chi connectivity index (χ3n) is 5.83. The van der Waals surface area contributed by atoms with Crippen molar-refractivity contribution in [3.8, 4) is 0 Å². The second-order valence-electron chi connectivity index (χ2n) is 9.03. The summed E-state index contributed by atoms with van der Waals surface area (Å²) in [7, 11) is -1.73. The molecule has 0 aliphatic carbocycles. The zero-order chi connectivity index (χ0) is 20.4. The summed E-state index contributed by atoms with van der Waals surface area (Å²) in [6, 6.07) is 4.26. The maximum Gasteiger partial charge on any atom is 0.227 e. The van der Waals surface area contributed by atoms with E-state index in [1.54, 1.807) is 0 Å². The largest absolute Gasteiger partial charge is 0.414 e. The number of amides is 1. The van der Waals surface area contributed by atoms with E-state index in [4.69, 9.17) is 9.16 Å². The van der Waals surface area contributed by atoms with E-state index < -0.39 is 8.32 Å². The summed E-state index contributed by atoms with van der Waals surface area (Å²) in [4.78, 5) is 14.4. The molecule has 27 heavy (non-hydrogen) atoms. The van der Waals surface area contributed by atoms with Crippen LogP contribution in [0.1, 0.15) is 44.7 Å². The van der Waals surface area contributed by atoms with Gasteiger partial charge in [0.15, 0.2) is 8.32 Å². The van der Waals surface area contributed by atoms with Crippen LogP contribution < -0.4 is 4.90 Å². The number of ether oxygens (including phenoxy) is 1.